The van der Waals surface area contributed by atoms with Crippen LogP contribution in [0.15, 0.2) is 65.2 Å². The Morgan fingerprint density at radius 2 is 1.88 bits per heavy atom. The van der Waals surface area contributed by atoms with Crippen LogP contribution in [-0.2, 0) is 13.2 Å². The van der Waals surface area contributed by atoms with Crippen molar-refractivity contribution in [3.63, 3.8) is 0 Å². The molecule has 0 saturated heterocycles. The molecular formula is C23H18Cl3N3O3. The molecule has 0 saturated carbocycles. The lowest BCUT2D eigenvalue weighted by atomic mass is 10.2. The molecule has 0 bridgehead atoms. The van der Waals surface area contributed by atoms with Gasteiger partial charge in [-0.15, -0.1) is 0 Å². The SMILES string of the molecule is Cc1ccccc1OCc1ccc(C(=O)Nc2nn(Cc3ccc(Cl)c(Cl)c3)cc2Cl)o1. The fraction of sp³-hybridized carbons (Fsp3) is 0.130. The van der Waals surface area contributed by atoms with Crippen molar-refractivity contribution in [1.29, 1.82) is 0 Å². The number of aromatic nitrogens is 2. The first-order valence-corrected chi connectivity index (χ1v) is 10.8. The Morgan fingerprint density at radius 1 is 1.06 bits per heavy atom. The Kier molecular flexibility index (Phi) is 6.74. The van der Waals surface area contributed by atoms with E-state index in [1.165, 1.54) is 0 Å². The third-order valence-corrected chi connectivity index (χ3v) is 5.64. The lowest BCUT2D eigenvalue weighted by molar-refractivity contribution is 0.0992. The van der Waals surface area contributed by atoms with Gasteiger partial charge in [0.25, 0.3) is 5.91 Å². The van der Waals surface area contributed by atoms with Crippen molar-refractivity contribution in [2.24, 2.45) is 0 Å². The number of nitrogens with one attached hydrogen (secondary N) is 1. The van der Waals surface area contributed by atoms with Crippen molar-refractivity contribution in [3.05, 3.63) is 98.5 Å². The number of ether oxygens (including phenoxy) is 1. The predicted octanol–water partition coefficient (Wildman–Crippen LogP) is 6.62. The van der Waals surface area contributed by atoms with Crippen molar-refractivity contribution in [2.75, 3.05) is 5.32 Å². The monoisotopic (exact) mass is 489 g/mol. The molecular weight excluding hydrogens is 473 g/mol. The summed E-state index contributed by atoms with van der Waals surface area (Å²) in [6.45, 7) is 2.57. The van der Waals surface area contributed by atoms with E-state index in [1.807, 2.05) is 37.3 Å². The fourth-order valence-electron chi connectivity index (χ4n) is 3.00. The number of nitrogens with zero attached hydrogens (tertiary/aromatic N) is 2. The molecule has 2 aromatic carbocycles. The van der Waals surface area contributed by atoms with Crippen LogP contribution in [0.3, 0.4) is 0 Å². The average Bonchev–Trinajstić information content (AvgIpc) is 3.37. The zero-order valence-corrected chi connectivity index (χ0v) is 19.2. The number of aryl methyl sites for hydroxylation is 1. The van der Waals surface area contributed by atoms with Crippen molar-refractivity contribution in [1.82, 2.24) is 9.78 Å². The zero-order chi connectivity index (χ0) is 22.7. The third kappa shape index (κ3) is 5.27. The molecule has 0 spiro atoms. The van der Waals surface area contributed by atoms with E-state index >= 15 is 0 Å². The van der Waals surface area contributed by atoms with Crippen LogP contribution in [0.1, 0.15) is 27.4 Å². The van der Waals surface area contributed by atoms with Crippen LogP contribution < -0.4 is 10.1 Å². The maximum atomic E-state index is 12.6. The maximum Gasteiger partial charge on any atom is 0.292 e. The van der Waals surface area contributed by atoms with Crippen LogP contribution in [0.4, 0.5) is 5.82 Å². The van der Waals surface area contributed by atoms with Crippen molar-refractivity contribution in [3.8, 4) is 5.75 Å². The van der Waals surface area contributed by atoms with Gasteiger partial charge in [0.15, 0.2) is 11.6 Å². The highest BCUT2D eigenvalue weighted by Gasteiger charge is 2.16. The number of furan rings is 1. The summed E-state index contributed by atoms with van der Waals surface area (Å²) in [5, 5.41) is 8.22. The van der Waals surface area contributed by atoms with Gasteiger partial charge in [-0.05, 0) is 48.4 Å². The van der Waals surface area contributed by atoms with E-state index in [0.29, 0.717) is 27.4 Å². The molecule has 1 amide bonds. The highest BCUT2D eigenvalue weighted by molar-refractivity contribution is 6.42. The minimum absolute atomic E-state index is 0.128. The van der Waals surface area contributed by atoms with E-state index in [-0.39, 0.29) is 18.2 Å². The first kappa shape index (κ1) is 22.3. The van der Waals surface area contributed by atoms with Crippen LogP contribution in [-0.4, -0.2) is 15.7 Å². The molecule has 0 aliphatic rings. The predicted molar refractivity (Wildman–Crippen MR) is 125 cm³/mol. The van der Waals surface area contributed by atoms with Crippen LogP contribution in [0, 0.1) is 6.92 Å². The van der Waals surface area contributed by atoms with Gasteiger partial charge in [0.2, 0.25) is 0 Å². The standard InChI is InChI=1S/C23H18Cl3N3O3/c1-14-4-2-3-5-20(14)31-13-16-7-9-21(32-16)23(30)27-22-19(26)12-29(28-22)11-15-6-8-17(24)18(25)10-15/h2-10,12H,11,13H2,1H3,(H,27,28,30). The molecule has 0 radical (unpaired) electrons. The number of carbonyl (C=O) groups excluding carboxylic acids is 1. The Hall–Kier alpha value is -2.93. The van der Waals surface area contributed by atoms with E-state index in [4.69, 9.17) is 44.0 Å². The van der Waals surface area contributed by atoms with Crippen LogP contribution >= 0.6 is 34.8 Å². The van der Waals surface area contributed by atoms with Gasteiger partial charge in [0.1, 0.15) is 23.1 Å². The number of hydrogen-bond acceptors (Lipinski definition) is 4. The third-order valence-electron chi connectivity index (χ3n) is 4.63. The molecule has 4 rings (SSSR count). The lowest BCUT2D eigenvalue weighted by Crippen LogP contribution is -2.12. The van der Waals surface area contributed by atoms with Gasteiger partial charge in [0.05, 0.1) is 16.6 Å². The summed E-state index contributed by atoms with van der Waals surface area (Å²) in [5.74, 6) is 1.17. The zero-order valence-electron chi connectivity index (χ0n) is 16.9. The van der Waals surface area contributed by atoms with E-state index in [2.05, 4.69) is 10.4 Å². The first-order valence-electron chi connectivity index (χ1n) is 9.64. The first-order chi connectivity index (χ1) is 15.4. The molecule has 32 heavy (non-hydrogen) atoms. The smallest absolute Gasteiger partial charge is 0.292 e. The molecule has 9 heteroatoms. The van der Waals surface area contributed by atoms with Gasteiger partial charge in [-0.3, -0.25) is 9.48 Å². The van der Waals surface area contributed by atoms with Crippen molar-refractivity contribution < 1.29 is 13.9 Å². The Balaban J connectivity index is 1.39. The second-order valence-electron chi connectivity index (χ2n) is 7.05. The van der Waals surface area contributed by atoms with Crippen LogP contribution in [0.25, 0.3) is 0 Å². The number of rotatable bonds is 7. The molecule has 0 fully saturated rings. The highest BCUT2D eigenvalue weighted by atomic mass is 35.5. The molecule has 0 aliphatic carbocycles. The normalized spacial score (nSPS) is 10.9. The van der Waals surface area contributed by atoms with Crippen molar-refractivity contribution in [2.45, 2.75) is 20.1 Å². The minimum atomic E-state index is -0.464. The number of carbonyl (C=O) groups is 1. The second kappa shape index (κ2) is 9.69. The number of anilines is 1. The number of hydrogen-bond donors (Lipinski definition) is 1. The quantitative estimate of drug-likeness (QED) is 0.316. The highest BCUT2D eigenvalue weighted by Crippen LogP contribution is 2.25. The molecule has 6 nitrogen and oxygen atoms in total. The minimum Gasteiger partial charge on any atom is -0.485 e. The molecule has 4 aromatic rings. The average molecular weight is 491 g/mol. The van der Waals surface area contributed by atoms with E-state index < -0.39 is 5.91 Å². The number of amides is 1. The molecule has 0 unspecified atom stereocenters. The summed E-state index contributed by atoms with van der Waals surface area (Å²) in [6.07, 6.45) is 1.61. The van der Waals surface area contributed by atoms with Gasteiger partial charge in [-0.1, -0.05) is 59.1 Å². The Bertz CT molecular complexity index is 1270. The summed E-state index contributed by atoms with van der Waals surface area (Å²) < 4.78 is 13.0. The number of halogens is 3. The van der Waals surface area contributed by atoms with Crippen LogP contribution in [0.5, 0.6) is 5.75 Å². The van der Waals surface area contributed by atoms with Gasteiger partial charge in [-0.25, -0.2) is 0 Å². The maximum absolute atomic E-state index is 12.6. The van der Waals surface area contributed by atoms with E-state index in [9.17, 15) is 4.79 Å². The lowest BCUT2D eigenvalue weighted by Gasteiger charge is -2.06. The topological polar surface area (TPSA) is 69.3 Å². The van der Waals surface area contributed by atoms with Crippen molar-refractivity contribution >= 4 is 46.5 Å². The molecule has 0 aliphatic heterocycles. The fourth-order valence-corrected chi connectivity index (χ4v) is 3.52. The molecule has 1 N–H and O–H groups in total. The summed E-state index contributed by atoms with van der Waals surface area (Å²) in [4.78, 5) is 12.6. The van der Waals surface area contributed by atoms with E-state index in [0.717, 1.165) is 16.9 Å². The molecule has 164 valence electrons. The molecule has 2 aromatic heterocycles. The van der Waals surface area contributed by atoms with Gasteiger partial charge in [0, 0.05) is 6.20 Å². The van der Waals surface area contributed by atoms with Gasteiger partial charge >= 0.3 is 0 Å². The number of para-hydroxylation sites is 1. The van der Waals surface area contributed by atoms with Crippen LogP contribution in [0.2, 0.25) is 15.1 Å². The van der Waals surface area contributed by atoms with Gasteiger partial charge < -0.3 is 14.5 Å². The van der Waals surface area contributed by atoms with Gasteiger partial charge in [-0.2, -0.15) is 5.10 Å². The Labute approximate surface area is 199 Å². The summed E-state index contributed by atoms with van der Waals surface area (Å²) in [7, 11) is 0. The largest absolute Gasteiger partial charge is 0.485 e. The second-order valence-corrected chi connectivity index (χ2v) is 8.27. The Morgan fingerprint density at radius 3 is 2.66 bits per heavy atom. The molecule has 2 heterocycles. The molecule has 0 atom stereocenters. The number of benzene rings is 2. The summed E-state index contributed by atoms with van der Waals surface area (Å²) in [6, 6.07) is 16.2. The summed E-state index contributed by atoms with van der Waals surface area (Å²) in [5.41, 5.74) is 1.91. The van der Waals surface area contributed by atoms with E-state index in [1.54, 1.807) is 35.1 Å². The summed E-state index contributed by atoms with van der Waals surface area (Å²) >= 11 is 18.2.